The summed E-state index contributed by atoms with van der Waals surface area (Å²) in [5, 5.41) is 0. The van der Waals surface area contributed by atoms with Crippen LogP contribution < -0.4 is 0 Å². The van der Waals surface area contributed by atoms with Gasteiger partial charge in [0.15, 0.2) is 0 Å². The molecule has 98 valence electrons. The van der Waals surface area contributed by atoms with Crippen LogP contribution in [0.15, 0.2) is 24.3 Å². The molecule has 1 heterocycles. The fraction of sp³-hybridized carbons (Fsp3) is 0.538. The summed E-state index contributed by atoms with van der Waals surface area (Å²) < 4.78 is 29.7. The van der Waals surface area contributed by atoms with Crippen LogP contribution in [0.25, 0.3) is 0 Å². The van der Waals surface area contributed by atoms with Gasteiger partial charge in [-0.3, -0.25) is 0 Å². The number of halogens is 1. The van der Waals surface area contributed by atoms with Gasteiger partial charge in [-0.15, -0.1) is 0 Å². The van der Waals surface area contributed by atoms with E-state index in [1.165, 1.54) is 12.1 Å². The molecule has 0 radical (unpaired) electrons. The number of rotatable bonds is 3. The van der Waals surface area contributed by atoms with Crippen molar-refractivity contribution in [3.8, 4) is 0 Å². The highest BCUT2D eigenvalue weighted by atomic mass is 19.1. The minimum absolute atomic E-state index is 0.255. The quantitative estimate of drug-likeness (QED) is 0.774. The first-order valence-corrected chi connectivity index (χ1v) is 6.02. The minimum Gasteiger partial charge on any atom is -0.382 e. The van der Waals surface area contributed by atoms with Gasteiger partial charge in [0.2, 0.25) is 0 Å². The molecule has 0 bridgehead atoms. The van der Waals surface area contributed by atoms with E-state index in [4.69, 9.17) is 14.0 Å². The fourth-order valence-corrected chi connectivity index (χ4v) is 1.60. The first-order valence-electron chi connectivity index (χ1n) is 6.02. The second-order valence-electron chi connectivity index (χ2n) is 5.48. The molecule has 0 amide bonds. The molecule has 1 fully saturated rings. The van der Waals surface area contributed by atoms with Crippen molar-refractivity contribution >= 4 is 7.32 Å². The van der Waals surface area contributed by atoms with Crippen molar-refractivity contribution in [1.29, 1.82) is 0 Å². The molecule has 0 aliphatic carbocycles. The van der Waals surface area contributed by atoms with E-state index in [0.29, 0.717) is 6.61 Å². The van der Waals surface area contributed by atoms with E-state index in [0.717, 1.165) is 5.56 Å². The molecule has 0 N–H and O–H groups in total. The molecule has 1 aliphatic rings. The lowest BCUT2D eigenvalue weighted by Gasteiger charge is -2.31. The highest BCUT2D eigenvalue weighted by Crippen LogP contribution is 2.36. The first-order chi connectivity index (χ1) is 8.30. The van der Waals surface area contributed by atoms with Crippen molar-refractivity contribution in [2.75, 3.05) is 0 Å². The van der Waals surface area contributed by atoms with E-state index < -0.39 is 18.5 Å². The molecule has 1 aromatic rings. The van der Waals surface area contributed by atoms with E-state index in [2.05, 4.69) is 0 Å². The zero-order valence-electron chi connectivity index (χ0n) is 11.2. The van der Waals surface area contributed by atoms with Gasteiger partial charge in [-0.05, 0) is 45.4 Å². The Kier molecular flexibility index (Phi) is 3.49. The Labute approximate surface area is 107 Å². The van der Waals surface area contributed by atoms with Gasteiger partial charge in [-0.1, -0.05) is 12.1 Å². The van der Waals surface area contributed by atoms with Gasteiger partial charge in [0.1, 0.15) is 5.82 Å². The van der Waals surface area contributed by atoms with Gasteiger partial charge in [-0.25, -0.2) is 4.39 Å². The third-order valence-electron chi connectivity index (χ3n) is 3.53. The Morgan fingerprint density at radius 3 is 2.06 bits per heavy atom. The molecule has 1 aromatic carbocycles. The van der Waals surface area contributed by atoms with Crippen LogP contribution in [-0.2, 0) is 20.6 Å². The lowest BCUT2D eigenvalue weighted by Crippen LogP contribution is -2.41. The van der Waals surface area contributed by atoms with Crippen molar-refractivity contribution in [3.63, 3.8) is 0 Å². The summed E-state index contributed by atoms with van der Waals surface area (Å²) in [4.78, 5) is 0. The maximum atomic E-state index is 12.7. The second-order valence-corrected chi connectivity index (χ2v) is 5.48. The van der Waals surface area contributed by atoms with E-state index >= 15 is 0 Å². The van der Waals surface area contributed by atoms with Crippen molar-refractivity contribution in [3.05, 3.63) is 35.6 Å². The Balaban J connectivity index is 1.91. The molecule has 2 rings (SSSR count). The van der Waals surface area contributed by atoms with Gasteiger partial charge in [0, 0.05) is 0 Å². The lowest BCUT2D eigenvalue weighted by atomic mass is 9.90. The van der Waals surface area contributed by atoms with Crippen molar-refractivity contribution < 1.29 is 18.4 Å². The normalized spacial score (nSPS) is 21.3. The maximum absolute atomic E-state index is 12.7. The first kappa shape index (κ1) is 13.5. The third-order valence-corrected chi connectivity index (χ3v) is 3.53. The van der Waals surface area contributed by atoms with Gasteiger partial charge < -0.3 is 14.0 Å². The van der Waals surface area contributed by atoms with Gasteiger partial charge >= 0.3 is 7.32 Å². The molecule has 0 aromatic heterocycles. The molecule has 0 unspecified atom stereocenters. The van der Waals surface area contributed by atoms with Crippen LogP contribution >= 0.6 is 0 Å². The molecule has 3 nitrogen and oxygen atoms in total. The van der Waals surface area contributed by atoms with Crippen molar-refractivity contribution in [2.24, 2.45) is 0 Å². The minimum atomic E-state index is -0.681. The molecule has 1 saturated heterocycles. The summed E-state index contributed by atoms with van der Waals surface area (Å²) >= 11 is 0. The average Bonchev–Trinajstić information content (AvgIpc) is 2.47. The van der Waals surface area contributed by atoms with Crippen LogP contribution in [0.1, 0.15) is 33.3 Å². The second kappa shape index (κ2) is 4.65. The van der Waals surface area contributed by atoms with Crippen LogP contribution in [0.3, 0.4) is 0 Å². The number of hydrogen-bond acceptors (Lipinski definition) is 3. The fourth-order valence-electron chi connectivity index (χ4n) is 1.60. The number of hydrogen-bond donors (Lipinski definition) is 0. The molecule has 0 spiro atoms. The lowest BCUT2D eigenvalue weighted by molar-refractivity contribution is 0.00578. The summed E-state index contributed by atoms with van der Waals surface area (Å²) in [7, 11) is -0.681. The SMILES string of the molecule is CC1(C)OB(OCc2ccc(F)cc2)OC1(C)C. The Hall–Kier alpha value is -0.905. The van der Waals surface area contributed by atoms with E-state index in [1.54, 1.807) is 12.1 Å². The standard InChI is InChI=1S/C13H18BFO3/c1-12(2)13(3,4)18-14(17-12)16-9-10-5-7-11(15)8-6-10/h5-8H,9H2,1-4H3. The van der Waals surface area contributed by atoms with Crippen LogP contribution in [0.5, 0.6) is 0 Å². The van der Waals surface area contributed by atoms with Crippen LogP contribution in [0.2, 0.25) is 0 Å². The molecule has 1 aliphatic heterocycles. The molecular weight excluding hydrogens is 234 g/mol. The average molecular weight is 252 g/mol. The summed E-state index contributed by atoms with van der Waals surface area (Å²) in [5.41, 5.74) is 0.0760. The van der Waals surface area contributed by atoms with Crippen molar-refractivity contribution in [1.82, 2.24) is 0 Å². The topological polar surface area (TPSA) is 27.7 Å². The molecule has 18 heavy (non-hydrogen) atoms. The zero-order chi connectivity index (χ0) is 13.4. The molecule has 0 saturated carbocycles. The van der Waals surface area contributed by atoms with E-state index in [-0.39, 0.29) is 5.82 Å². The van der Waals surface area contributed by atoms with Gasteiger partial charge in [-0.2, -0.15) is 0 Å². The Bertz CT molecular complexity index is 401. The predicted molar refractivity (Wildman–Crippen MR) is 67.3 cm³/mol. The maximum Gasteiger partial charge on any atom is 0.640 e. The Morgan fingerprint density at radius 2 is 1.56 bits per heavy atom. The zero-order valence-corrected chi connectivity index (χ0v) is 11.2. The van der Waals surface area contributed by atoms with Crippen LogP contribution in [-0.4, -0.2) is 18.5 Å². The van der Waals surface area contributed by atoms with Crippen LogP contribution in [0, 0.1) is 5.82 Å². The molecule has 0 atom stereocenters. The molecular formula is C13H18BFO3. The largest absolute Gasteiger partial charge is 0.640 e. The monoisotopic (exact) mass is 252 g/mol. The predicted octanol–water partition coefficient (Wildman–Crippen LogP) is 2.93. The summed E-state index contributed by atoms with van der Waals surface area (Å²) in [5.74, 6) is -0.255. The van der Waals surface area contributed by atoms with E-state index in [9.17, 15) is 4.39 Å². The summed E-state index contributed by atoms with van der Waals surface area (Å²) in [6.07, 6.45) is 0. The summed E-state index contributed by atoms with van der Waals surface area (Å²) in [6.45, 7) is 8.20. The third kappa shape index (κ3) is 2.74. The van der Waals surface area contributed by atoms with Gasteiger partial charge in [0.25, 0.3) is 0 Å². The highest BCUT2D eigenvalue weighted by molar-refractivity contribution is 6.37. The smallest absolute Gasteiger partial charge is 0.382 e. The highest BCUT2D eigenvalue weighted by Gasteiger charge is 2.52. The number of benzene rings is 1. The Morgan fingerprint density at radius 1 is 1.06 bits per heavy atom. The van der Waals surface area contributed by atoms with Crippen LogP contribution in [0.4, 0.5) is 4.39 Å². The van der Waals surface area contributed by atoms with Crippen molar-refractivity contribution in [2.45, 2.75) is 45.5 Å². The molecule has 5 heteroatoms. The van der Waals surface area contributed by atoms with Gasteiger partial charge in [0.05, 0.1) is 17.8 Å². The summed E-state index contributed by atoms with van der Waals surface area (Å²) in [6, 6.07) is 6.17. The van der Waals surface area contributed by atoms with E-state index in [1.807, 2.05) is 27.7 Å².